The second-order valence-corrected chi connectivity index (χ2v) is 8.08. The Balaban J connectivity index is 1.58. The second-order valence-electron chi connectivity index (χ2n) is 7.68. The van der Waals surface area contributed by atoms with Gasteiger partial charge in [0, 0.05) is 28.2 Å². The number of ether oxygens (including phenoxy) is 1. The average molecular weight is 418 g/mol. The van der Waals surface area contributed by atoms with Crippen LogP contribution in [0.4, 0.5) is 4.39 Å². The highest BCUT2D eigenvalue weighted by Crippen LogP contribution is 2.33. The van der Waals surface area contributed by atoms with Crippen LogP contribution in [0.25, 0.3) is 11.5 Å². The molecule has 1 aromatic heterocycles. The molecule has 1 fully saturated rings. The molecule has 6 nitrogen and oxygen atoms in total. The largest absolute Gasteiger partial charge is 0.438 e. The summed E-state index contributed by atoms with van der Waals surface area (Å²) in [5.41, 5.74) is 1.14. The van der Waals surface area contributed by atoms with Crippen molar-refractivity contribution in [3.8, 4) is 11.5 Å². The highest BCUT2D eigenvalue weighted by Gasteiger charge is 2.37. The van der Waals surface area contributed by atoms with Crippen molar-refractivity contribution in [1.29, 1.82) is 0 Å². The number of benzene rings is 2. The lowest BCUT2D eigenvalue weighted by molar-refractivity contribution is -0.114. The molecule has 2 aromatic carbocycles. The summed E-state index contributed by atoms with van der Waals surface area (Å²) in [5, 5.41) is 4.94. The summed E-state index contributed by atoms with van der Waals surface area (Å²) in [4.78, 5) is 14.5. The normalized spacial score (nSPS) is 19.4. The average Bonchev–Trinajstić information content (AvgIpc) is 3.05. The third-order valence-corrected chi connectivity index (χ3v) is 5.48. The summed E-state index contributed by atoms with van der Waals surface area (Å²) in [7, 11) is 0. The first-order valence-corrected chi connectivity index (χ1v) is 9.66. The lowest BCUT2D eigenvalue weighted by atomic mass is 9.99. The SMILES string of the molecule is CC1(C)COC(c2ccccc2Cl)CN1Cn1nc(-c2ccc(F)cc2)oc1=O. The van der Waals surface area contributed by atoms with Gasteiger partial charge in [-0.15, -0.1) is 5.10 Å². The van der Waals surface area contributed by atoms with Gasteiger partial charge in [0.05, 0.1) is 12.7 Å². The summed E-state index contributed by atoms with van der Waals surface area (Å²) in [5.74, 6) is -0.777. The predicted molar refractivity (Wildman–Crippen MR) is 107 cm³/mol. The van der Waals surface area contributed by atoms with Gasteiger partial charge in [-0.1, -0.05) is 29.8 Å². The van der Waals surface area contributed by atoms with E-state index in [2.05, 4.69) is 10.00 Å². The van der Waals surface area contributed by atoms with E-state index in [-0.39, 0.29) is 30.0 Å². The van der Waals surface area contributed by atoms with Gasteiger partial charge in [-0.25, -0.2) is 9.18 Å². The van der Waals surface area contributed by atoms with E-state index in [0.29, 0.717) is 23.7 Å². The van der Waals surface area contributed by atoms with Crippen LogP contribution in [0.15, 0.2) is 57.7 Å². The molecule has 0 saturated carbocycles. The number of nitrogens with zero attached hydrogens (tertiary/aromatic N) is 3. The van der Waals surface area contributed by atoms with Gasteiger partial charge in [-0.3, -0.25) is 4.90 Å². The van der Waals surface area contributed by atoms with E-state index in [1.807, 2.05) is 38.1 Å². The Kier molecular flexibility index (Phi) is 5.29. The van der Waals surface area contributed by atoms with Gasteiger partial charge in [0.15, 0.2) is 0 Å². The van der Waals surface area contributed by atoms with Crippen molar-refractivity contribution in [2.24, 2.45) is 0 Å². The molecule has 4 rings (SSSR count). The minimum atomic E-state index is -0.569. The summed E-state index contributed by atoms with van der Waals surface area (Å²) in [6.07, 6.45) is -0.212. The number of hydrogen-bond donors (Lipinski definition) is 0. The summed E-state index contributed by atoms with van der Waals surface area (Å²) < 4.78 is 25.7. The number of halogens is 2. The van der Waals surface area contributed by atoms with Crippen molar-refractivity contribution in [2.75, 3.05) is 13.2 Å². The quantitative estimate of drug-likeness (QED) is 0.639. The Hall–Kier alpha value is -2.48. The van der Waals surface area contributed by atoms with Gasteiger partial charge in [0.1, 0.15) is 12.5 Å². The zero-order valence-electron chi connectivity index (χ0n) is 16.1. The van der Waals surface area contributed by atoms with Crippen LogP contribution in [0.1, 0.15) is 25.5 Å². The van der Waals surface area contributed by atoms with Gasteiger partial charge in [0.2, 0.25) is 5.89 Å². The molecule has 0 radical (unpaired) electrons. The van der Waals surface area contributed by atoms with E-state index in [1.165, 1.54) is 28.9 Å². The maximum absolute atomic E-state index is 13.1. The minimum absolute atomic E-state index is 0.156. The molecule has 0 spiro atoms. The molecule has 0 amide bonds. The molecule has 1 aliphatic rings. The van der Waals surface area contributed by atoms with Crippen molar-refractivity contribution in [3.63, 3.8) is 0 Å². The van der Waals surface area contributed by atoms with Gasteiger partial charge in [-0.05, 0) is 44.2 Å². The van der Waals surface area contributed by atoms with Gasteiger partial charge >= 0.3 is 5.76 Å². The standard InChI is InChI=1S/C21H21ClFN3O3/c1-21(2)12-28-18(16-5-3-4-6-17(16)22)11-25(21)13-26-20(27)29-19(24-26)14-7-9-15(23)10-8-14/h3-10,18H,11-13H2,1-2H3. The Morgan fingerprint density at radius 3 is 2.66 bits per heavy atom. The molecule has 29 heavy (non-hydrogen) atoms. The molecule has 1 unspecified atom stereocenters. The van der Waals surface area contributed by atoms with Crippen LogP contribution in [0.5, 0.6) is 0 Å². The number of rotatable bonds is 4. The van der Waals surface area contributed by atoms with E-state index < -0.39 is 5.76 Å². The molecule has 1 saturated heterocycles. The smallest absolute Gasteiger partial charge is 0.388 e. The van der Waals surface area contributed by atoms with Crippen molar-refractivity contribution in [3.05, 3.63) is 75.5 Å². The fraction of sp³-hybridized carbons (Fsp3) is 0.333. The third-order valence-electron chi connectivity index (χ3n) is 5.13. The highest BCUT2D eigenvalue weighted by molar-refractivity contribution is 6.31. The van der Waals surface area contributed by atoms with Crippen molar-refractivity contribution in [1.82, 2.24) is 14.7 Å². The van der Waals surface area contributed by atoms with Gasteiger partial charge in [0.25, 0.3) is 0 Å². The molecule has 1 aliphatic heterocycles. The lowest BCUT2D eigenvalue weighted by Gasteiger charge is -2.45. The molecule has 152 valence electrons. The summed E-state index contributed by atoms with van der Waals surface area (Å²) in [6, 6.07) is 13.2. The zero-order chi connectivity index (χ0) is 20.6. The van der Waals surface area contributed by atoms with Crippen LogP contribution >= 0.6 is 11.6 Å². The predicted octanol–water partition coefficient (Wildman–Crippen LogP) is 4.11. The summed E-state index contributed by atoms with van der Waals surface area (Å²) >= 11 is 6.34. The number of hydrogen-bond acceptors (Lipinski definition) is 5. The Bertz CT molecular complexity index is 1060. The minimum Gasteiger partial charge on any atom is -0.388 e. The van der Waals surface area contributed by atoms with Crippen LogP contribution in [-0.4, -0.2) is 33.4 Å². The lowest BCUT2D eigenvalue weighted by Crippen LogP contribution is -2.54. The topological polar surface area (TPSA) is 60.5 Å². The van der Waals surface area contributed by atoms with Crippen LogP contribution in [-0.2, 0) is 11.4 Å². The Morgan fingerprint density at radius 1 is 1.21 bits per heavy atom. The highest BCUT2D eigenvalue weighted by atomic mass is 35.5. The van der Waals surface area contributed by atoms with E-state index in [0.717, 1.165) is 5.56 Å². The summed E-state index contributed by atoms with van der Waals surface area (Å²) in [6.45, 7) is 5.34. The zero-order valence-corrected chi connectivity index (χ0v) is 16.9. The molecule has 3 aromatic rings. The molecular weight excluding hydrogens is 397 g/mol. The molecule has 0 bridgehead atoms. The molecule has 0 aliphatic carbocycles. The second kappa shape index (κ2) is 7.74. The fourth-order valence-electron chi connectivity index (χ4n) is 3.34. The monoisotopic (exact) mass is 417 g/mol. The maximum atomic E-state index is 13.1. The molecule has 2 heterocycles. The molecule has 1 atom stereocenters. The number of aromatic nitrogens is 2. The van der Waals surface area contributed by atoms with E-state index in [4.69, 9.17) is 20.8 Å². The Labute approximate surface area is 172 Å². The number of morpholine rings is 1. The van der Waals surface area contributed by atoms with Crippen molar-refractivity contribution in [2.45, 2.75) is 32.2 Å². The maximum Gasteiger partial charge on any atom is 0.438 e. The van der Waals surface area contributed by atoms with E-state index in [1.54, 1.807) is 0 Å². The molecule has 8 heteroatoms. The molecular formula is C21H21ClFN3O3. The fourth-order valence-corrected chi connectivity index (χ4v) is 3.59. The van der Waals surface area contributed by atoms with Crippen LogP contribution in [0.2, 0.25) is 5.02 Å². The van der Waals surface area contributed by atoms with Crippen LogP contribution in [0.3, 0.4) is 0 Å². The van der Waals surface area contributed by atoms with Crippen molar-refractivity contribution < 1.29 is 13.5 Å². The van der Waals surface area contributed by atoms with Gasteiger partial charge in [-0.2, -0.15) is 4.68 Å². The third kappa shape index (κ3) is 4.12. The van der Waals surface area contributed by atoms with Crippen LogP contribution in [0, 0.1) is 5.82 Å². The van der Waals surface area contributed by atoms with Crippen LogP contribution < -0.4 is 5.76 Å². The van der Waals surface area contributed by atoms with Gasteiger partial charge < -0.3 is 9.15 Å². The van der Waals surface area contributed by atoms with Crippen molar-refractivity contribution >= 4 is 11.6 Å². The first-order valence-electron chi connectivity index (χ1n) is 9.28. The first kappa shape index (κ1) is 19.8. The van der Waals surface area contributed by atoms with E-state index in [9.17, 15) is 9.18 Å². The first-order chi connectivity index (χ1) is 13.8. The molecule has 0 N–H and O–H groups in total. The Morgan fingerprint density at radius 2 is 1.93 bits per heavy atom. The van der Waals surface area contributed by atoms with E-state index >= 15 is 0 Å².